The van der Waals surface area contributed by atoms with Crippen LogP contribution in [0.5, 0.6) is 11.5 Å². The third-order valence-corrected chi connectivity index (χ3v) is 5.28. The normalized spacial score (nSPS) is 11.8. The molecule has 4 heteroatoms. The average molecular weight is 373 g/mol. The molecule has 0 bridgehead atoms. The summed E-state index contributed by atoms with van der Waals surface area (Å²) < 4.78 is 5.90. The number of hydrogen-bond donors (Lipinski definition) is 2. The number of nitrogens with one attached hydrogen (secondary N) is 1. The predicted molar refractivity (Wildman–Crippen MR) is 111 cm³/mol. The SMILES string of the molecule is Cc1ccc(CCCc2ccc3c(c2)Nc2c(cccc2C(=O)O)O3)cc1C. The first-order chi connectivity index (χ1) is 13.5. The van der Waals surface area contributed by atoms with Crippen LogP contribution in [0.3, 0.4) is 0 Å². The predicted octanol–water partition coefficient (Wildman–Crippen LogP) is 6.03. The van der Waals surface area contributed by atoms with E-state index in [-0.39, 0.29) is 5.56 Å². The number of aryl methyl sites for hydroxylation is 4. The van der Waals surface area contributed by atoms with Crippen LogP contribution in [0.1, 0.15) is 39.0 Å². The van der Waals surface area contributed by atoms with Gasteiger partial charge in [0.2, 0.25) is 0 Å². The van der Waals surface area contributed by atoms with Gasteiger partial charge in [-0.25, -0.2) is 4.79 Å². The molecule has 0 spiro atoms. The molecule has 4 nitrogen and oxygen atoms in total. The van der Waals surface area contributed by atoms with E-state index in [1.807, 2.05) is 6.07 Å². The topological polar surface area (TPSA) is 58.6 Å². The third kappa shape index (κ3) is 3.58. The zero-order valence-corrected chi connectivity index (χ0v) is 16.1. The summed E-state index contributed by atoms with van der Waals surface area (Å²) in [5, 5.41) is 12.7. The Hall–Kier alpha value is -3.27. The first kappa shape index (κ1) is 18.1. The Kier molecular flexibility index (Phi) is 4.78. The van der Waals surface area contributed by atoms with Crippen molar-refractivity contribution in [3.63, 3.8) is 0 Å². The van der Waals surface area contributed by atoms with Gasteiger partial charge in [-0.2, -0.15) is 0 Å². The van der Waals surface area contributed by atoms with Gasteiger partial charge in [0.05, 0.1) is 16.9 Å². The largest absolute Gasteiger partial charge is 0.478 e. The number of rotatable bonds is 5. The molecule has 0 unspecified atom stereocenters. The number of carboxylic acids is 1. The van der Waals surface area contributed by atoms with Crippen LogP contribution in [0.4, 0.5) is 11.4 Å². The minimum Gasteiger partial charge on any atom is -0.478 e. The van der Waals surface area contributed by atoms with Crippen LogP contribution >= 0.6 is 0 Å². The summed E-state index contributed by atoms with van der Waals surface area (Å²) in [5.74, 6) is 0.281. The van der Waals surface area contributed by atoms with Crippen molar-refractivity contribution in [3.8, 4) is 11.5 Å². The molecule has 3 aromatic rings. The maximum absolute atomic E-state index is 11.5. The summed E-state index contributed by atoms with van der Waals surface area (Å²) in [6, 6.07) is 17.8. The first-order valence-electron chi connectivity index (χ1n) is 9.51. The number of carbonyl (C=O) groups is 1. The van der Waals surface area contributed by atoms with E-state index in [4.69, 9.17) is 4.74 Å². The van der Waals surface area contributed by atoms with E-state index in [1.54, 1.807) is 18.2 Å². The number of benzene rings is 3. The minimum absolute atomic E-state index is 0.211. The van der Waals surface area contributed by atoms with Crippen LogP contribution in [0.2, 0.25) is 0 Å². The first-order valence-corrected chi connectivity index (χ1v) is 9.51. The zero-order chi connectivity index (χ0) is 19.7. The Bertz CT molecular complexity index is 1060. The molecule has 4 rings (SSSR count). The second-order valence-electron chi connectivity index (χ2n) is 7.31. The van der Waals surface area contributed by atoms with Crippen molar-refractivity contribution in [1.29, 1.82) is 0 Å². The number of ether oxygens (including phenoxy) is 1. The lowest BCUT2D eigenvalue weighted by Crippen LogP contribution is -2.09. The maximum atomic E-state index is 11.5. The number of fused-ring (bicyclic) bond motifs is 2. The van der Waals surface area contributed by atoms with Crippen molar-refractivity contribution in [3.05, 3.63) is 82.4 Å². The van der Waals surface area contributed by atoms with Gasteiger partial charge in [-0.1, -0.05) is 30.3 Å². The smallest absolute Gasteiger partial charge is 0.337 e. The van der Waals surface area contributed by atoms with Crippen molar-refractivity contribution in [2.45, 2.75) is 33.1 Å². The van der Waals surface area contributed by atoms with Crippen LogP contribution in [-0.4, -0.2) is 11.1 Å². The fourth-order valence-corrected chi connectivity index (χ4v) is 3.55. The van der Waals surface area contributed by atoms with Crippen molar-refractivity contribution < 1.29 is 14.6 Å². The third-order valence-electron chi connectivity index (χ3n) is 5.28. The highest BCUT2D eigenvalue weighted by atomic mass is 16.5. The molecule has 3 aromatic carbocycles. The summed E-state index contributed by atoms with van der Waals surface area (Å²) >= 11 is 0. The van der Waals surface area contributed by atoms with Gasteiger partial charge >= 0.3 is 5.97 Å². The van der Waals surface area contributed by atoms with Gasteiger partial charge in [0, 0.05) is 0 Å². The zero-order valence-electron chi connectivity index (χ0n) is 16.1. The van der Waals surface area contributed by atoms with E-state index in [1.165, 1.54) is 22.3 Å². The Morgan fingerprint density at radius 3 is 2.43 bits per heavy atom. The lowest BCUT2D eigenvalue weighted by atomic mass is 10.00. The lowest BCUT2D eigenvalue weighted by Gasteiger charge is -2.23. The molecule has 0 amide bonds. The van der Waals surface area contributed by atoms with Gasteiger partial charge < -0.3 is 15.2 Å². The molecule has 0 radical (unpaired) electrons. The molecule has 0 aromatic heterocycles. The molecule has 2 N–H and O–H groups in total. The van der Waals surface area contributed by atoms with Gasteiger partial charge in [0.15, 0.2) is 11.5 Å². The van der Waals surface area contributed by atoms with Crippen molar-refractivity contribution >= 4 is 17.3 Å². The number of carboxylic acid groups (broad SMARTS) is 1. The Balaban J connectivity index is 1.47. The van der Waals surface area contributed by atoms with Gasteiger partial charge in [0.25, 0.3) is 0 Å². The molecule has 0 saturated heterocycles. The van der Waals surface area contributed by atoms with Crippen LogP contribution in [-0.2, 0) is 12.8 Å². The number of aromatic carboxylic acids is 1. The van der Waals surface area contributed by atoms with E-state index in [9.17, 15) is 9.90 Å². The average Bonchev–Trinajstić information content (AvgIpc) is 2.68. The van der Waals surface area contributed by atoms with E-state index in [0.717, 1.165) is 24.9 Å². The Morgan fingerprint density at radius 1 is 0.929 bits per heavy atom. The van der Waals surface area contributed by atoms with E-state index < -0.39 is 5.97 Å². The summed E-state index contributed by atoms with van der Waals surface area (Å²) in [4.78, 5) is 11.5. The molecule has 1 aliphatic rings. The van der Waals surface area contributed by atoms with Gasteiger partial charge in [-0.15, -0.1) is 0 Å². The fraction of sp³-hybridized carbons (Fsp3) is 0.208. The molecule has 28 heavy (non-hydrogen) atoms. The number of hydrogen-bond acceptors (Lipinski definition) is 3. The molecular weight excluding hydrogens is 350 g/mol. The van der Waals surface area contributed by atoms with Crippen molar-refractivity contribution in [1.82, 2.24) is 0 Å². The van der Waals surface area contributed by atoms with Crippen molar-refractivity contribution in [2.75, 3.05) is 5.32 Å². The molecule has 1 heterocycles. The van der Waals surface area contributed by atoms with Gasteiger partial charge in [0.1, 0.15) is 0 Å². The molecule has 1 aliphatic heterocycles. The van der Waals surface area contributed by atoms with Gasteiger partial charge in [-0.3, -0.25) is 0 Å². The standard InChI is InChI=1S/C24H23NO3/c1-15-9-10-17(13-16(15)2)5-3-6-18-11-12-21-20(14-18)25-23-19(24(26)27)7-4-8-22(23)28-21/h4,7-14,25H,3,5-6H2,1-2H3,(H,26,27). The molecule has 142 valence electrons. The monoisotopic (exact) mass is 373 g/mol. The number of para-hydroxylation sites is 1. The van der Waals surface area contributed by atoms with Gasteiger partial charge in [-0.05, 0) is 79.6 Å². The van der Waals surface area contributed by atoms with Crippen molar-refractivity contribution in [2.24, 2.45) is 0 Å². The second kappa shape index (κ2) is 7.39. The second-order valence-corrected chi connectivity index (χ2v) is 7.31. The highest BCUT2D eigenvalue weighted by Crippen LogP contribution is 2.43. The highest BCUT2D eigenvalue weighted by Gasteiger charge is 2.22. The summed E-state index contributed by atoms with van der Waals surface area (Å²) in [5.41, 5.74) is 6.76. The Morgan fingerprint density at radius 2 is 1.68 bits per heavy atom. The summed E-state index contributed by atoms with van der Waals surface area (Å²) in [7, 11) is 0. The fourth-order valence-electron chi connectivity index (χ4n) is 3.55. The molecular formula is C24H23NO3. The minimum atomic E-state index is -0.971. The summed E-state index contributed by atoms with van der Waals surface area (Å²) in [6.45, 7) is 4.28. The summed E-state index contributed by atoms with van der Waals surface area (Å²) in [6.07, 6.45) is 3.04. The van der Waals surface area contributed by atoms with Crippen LogP contribution in [0, 0.1) is 13.8 Å². The van der Waals surface area contributed by atoms with Crippen LogP contribution < -0.4 is 10.1 Å². The molecule has 0 aliphatic carbocycles. The molecule has 0 atom stereocenters. The molecule has 0 fully saturated rings. The lowest BCUT2D eigenvalue weighted by molar-refractivity contribution is 0.0697. The highest BCUT2D eigenvalue weighted by molar-refractivity contribution is 5.98. The Labute approximate surface area is 164 Å². The maximum Gasteiger partial charge on any atom is 0.337 e. The molecule has 0 saturated carbocycles. The van der Waals surface area contributed by atoms with E-state index in [2.05, 4.69) is 49.5 Å². The van der Waals surface area contributed by atoms with E-state index in [0.29, 0.717) is 17.2 Å². The van der Waals surface area contributed by atoms with Crippen LogP contribution in [0.15, 0.2) is 54.6 Å². The van der Waals surface area contributed by atoms with Crippen LogP contribution in [0.25, 0.3) is 0 Å². The quantitative estimate of drug-likeness (QED) is 0.449. The van der Waals surface area contributed by atoms with E-state index >= 15 is 0 Å². The number of anilines is 2.